The topological polar surface area (TPSA) is 70.9 Å². The molecule has 3 aliphatic rings. The van der Waals surface area contributed by atoms with Gasteiger partial charge in [0.15, 0.2) is 0 Å². The maximum Gasteiger partial charge on any atom is 0.417 e. The summed E-state index contributed by atoms with van der Waals surface area (Å²) >= 11 is 1.28. The number of nitrogens with zero attached hydrogens (tertiary/aromatic N) is 5. The number of anilines is 1. The zero-order valence-electron chi connectivity index (χ0n) is 22.7. The number of aromatic nitrogens is 2. The molecule has 0 radical (unpaired) electrons. The van der Waals surface area contributed by atoms with E-state index in [-0.39, 0.29) is 40.8 Å². The minimum absolute atomic E-state index is 0.0747. The molecule has 0 bridgehead atoms. The van der Waals surface area contributed by atoms with E-state index in [9.17, 15) is 27.2 Å². The third kappa shape index (κ3) is 5.29. The SMILES string of the molecule is C=CC(=O)N1CCN(c2nc(=O)n3c4c(c(-c5ccc(F)cc5)c(C(F)(F)F)cc24)SCC(N2CCOCC2)C3)CC1. The quantitative estimate of drug-likeness (QED) is 0.332. The maximum absolute atomic E-state index is 14.8. The van der Waals surface area contributed by atoms with E-state index in [0.717, 1.165) is 18.2 Å². The monoisotopic (exact) mass is 603 g/mol. The molecule has 3 aromatic rings. The van der Waals surface area contributed by atoms with Gasteiger partial charge in [0.1, 0.15) is 11.6 Å². The van der Waals surface area contributed by atoms with E-state index in [1.165, 1.54) is 34.5 Å². The van der Waals surface area contributed by atoms with Crippen molar-refractivity contribution in [1.82, 2.24) is 19.4 Å². The summed E-state index contributed by atoms with van der Waals surface area (Å²) < 4.78 is 65.3. The van der Waals surface area contributed by atoms with Gasteiger partial charge in [-0.25, -0.2) is 9.18 Å². The van der Waals surface area contributed by atoms with Gasteiger partial charge in [0.05, 0.1) is 24.3 Å². The maximum atomic E-state index is 14.8. The number of carbonyl (C=O) groups is 1. The largest absolute Gasteiger partial charge is 0.417 e. The average molecular weight is 604 g/mol. The van der Waals surface area contributed by atoms with Gasteiger partial charge in [0.2, 0.25) is 5.91 Å². The highest BCUT2D eigenvalue weighted by atomic mass is 32.2. The Hall–Kier alpha value is -3.42. The zero-order valence-corrected chi connectivity index (χ0v) is 23.5. The van der Waals surface area contributed by atoms with Crippen LogP contribution < -0.4 is 10.6 Å². The van der Waals surface area contributed by atoms with Gasteiger partial charge < -0.3 is 14.5 Å². The fourth-order valence-electron chi connectivity index (χ4n) is 5.95. The highest BCUT2D eigenvalue weighted by Gasteiger charge is 2.39. The van der Waals surface area contributed by atoms with E-state index >= 15 is 0 Å². The van der Waals surface area contributed by atoms with Crippen LogP contribution in [-0.2, 0) is 22.3 Å². The molecule has 2 aromatic carbocycles. The smallest absolute Gasteiger partial charge is 0.379 e. The Morgan fingerprint density at radius 1 is 1.07 bits per heavy atom. The van der Waals surface area contributed by atoms with Crippen LogP contribution in [0.15, 0.2) is 52.7 Å². The van der Waals surface area contributed by atoms with Crippen LogP contribution in [0, 0.1) is 5.82 Å². The third-order valence-electron chi connectivity index (χ3n) is 8.08. The predicted octanol–water partition coefficient (Wildman–Crippen LogP) is 3.86. The minimum Gasteiger partial charge on any atom is -0.379 e. The fourth-order valence-corrected chi connectivity index (χ4v) is 7.35. The van der Waals surface area contributed by atoms with Gasteiger partial charge in [-0.05, 0) is 29.8 Å². The van der Waals surface area contributed by atoms with E-state index < -0.39 is 23.2 Å². The van der Waals surface area contributed by atoms with E-state index in [1.54, 1.807) is 9.80 Å². The molecule has 2 saturated heterocycles. The summed E-state index contributed by atoms with van der Waals surface area (Å²) in [6.45, 7) is 7.38. The first kappa shape index (κ1) is 28.7. The van der Waals surface area contributed by atoms with Crippen LogP contribution in [0.1, 0.15) is 5.56 Å². The Kier molecular flexibility index (Phi) is 7.75. The van der Waals surface area contributed by atoms with E-state index in [4.69, 9.17) is 4.74 Å². The second-order valence-corrected chi connectivity index (χ2v) is 11.5. The van der Waals surface area contributed by atoms with Crippen molar-refractivity contribution in [1.29, 1.82) is 0 Å². The van der Waals surface area contributed by atoms with Crippen LogP contribution in [0.3, 0.4) is 0 Å². The molecule has 13 heteroatoms. The van der Waals surface area contributed by atoms with Gasteiger partial charge in [-0.15, -0.1) is 11.8 Å². The number of ether oxygens (including phenoxy) is 1. The van der Waals surface area contributed by atoms with Crippen molar-refractivity contribution >= 4 is 34.4 Å². The molecule has 1 unspecified atom stereocenters. The molecule has 0 aliphatic carbocycles. The molecule has 4 heterocycles. The van der Waals surface area contributed by atoms with Crippen molar-refractivity contribution in [3.8, 4) is 11.1 Å². The van der Waals surface area contributed by atoms with Crippen molar-refractivity contribution in [3.05, 3.63) is 64.9 Å². The van der Waals surface area contributed by atoms with Gasteiger partial charge in [0.25, 0.3) is 0 Å². The highest BCUT2D eigenvalue weighted by molar-refractivity contribution is 7.99. The number of benzene rings is 2. The molecular weight excluding hydrogens is 574 g/mol. The van der Waals surface area contributed by atoms with Crippen LogP contribution >= 0.6 is 11.8 Å². The first-order chi connectivity index (χ1) is 20.2. The summed E-state index contributed by atoms with van der Waals surface area (Å²) in [4.78, 5) is 36.1. The van der Waals surface area contributed by atoms with E-state index in [1.807, 2.05) is 0 Å². The molecule has 6 rings (SSSR count). The van der Waals surface area contributed by atoms with Gasteiger partial charge >= 0.3 is 11.9 Å². The van der Waals surface area contributed by atoms with Crippen LogP contribution in [0.4, 0.5) is 23.4 Å². The van der Waals surface area contributed by atoms with E-state index in [2.05, 4.69) is 16.5 Å². The van der Waals surface area contributed by atoms with Gasteiger partial charge in [0, 0.05) is 73.5 Å². The number of piperazine rings is 1. The average Bonchev–Trinajstić information content (AvgIpc) is 3.20. The molecule has 2 fully saturated rings. The number of amides is 1. The lowest BCUT2D eigenvalue weighted by molar-refractivity contribution is -0.137. The molecule has 42 heavy (non-hydrogen) atoms. The van der Waals surface area contributed by atoms with Crippen LogP contribution in [0.2, 0.25) is 0 Å². The molecule has 1 aromatic heterocycles. The summed E-state index contributed by atoms with van der Waals surface area (Å²) in [5, 5.41) is 0.224. The Balaban J connectivity index is 1.57. The molecule has 222 valence electrons. The van der Waals surface area contributed by atoms with Crippen molar-refractivity contribution in [2.75, 3.05) is 63.1 Å². The summed E-state index contributed by atoms with van der Waals surface area (Å²) in [7, 11) is 0. The molecule has 1 atom stereocenters. The summed E-state index contributed by atoms with van der Waals surface area (Å²) in [6, 6.07) is 5.90. The number of rotatable bonds is 4. The summed E-state index contributed by atoms with van der Waals surface area (Å²) in [5.41, 5.74) is -0.888. The lowest BCUT2D eigenvalue weighted by atomic mass is 9.96. The Labute approximate surface area is 243 Å². The van der Waals surface area contributed by atoms with Crippen molar-refractivity contribution < 1.29 is 27.1 Å². The van der Waals surface area contributed by atoms with Crippen molar-refractivity contribution in [2.24, 2.45) is 0 Å². The lowest BCUT2D eigenvalue weighted by Gasteiger charge is -2.36. The molecule has 8 nitrogen and oxygen atoms in total. The summed E-state index contributed by atoms with van der Waals surface area (Å²) in [5.74, 6) is -0.176. The van der Waals surface area contributed by atoms with Crippen LogP contribution in [0.25, 0.3) is 22.0 Å². The number of alkyl halides is 3. The zero-order chi connectivity index (χ0) is 29.6. The molecule has 0 spiro atoms. The summed E-state index contributed by atoms with van der Waals surface area (Å²) in [6.07, 6.45) is -3.51. The van der Waals surface area contributed by atoms with Gasteiger partial charge in [-0.1, -0.05) is 18.7 Å². The number of carbonyl (C=O) groups excluding carboxylic acids is 1. The number of thioether (sulfide) groups is 1. The first-order valence-electron chi connectivity index (χ1n) is 13.7. The Bertz CT molecular complexity index is 1580. The molecule has 0 saturated carbocycles. The number of halogens is 4. The van der Waals surface area contributed by atoms with Crippen molar-refractivity contribution in [2.45, 2.75) is 23.7 Å². The van der Waals surface area contributed by atoms with Gasteiger partial charge in [-0.2, -0.15) is 18.2 Å². The molecule has 0 N–H and O–H groups in total. The normalized spacial score (nSPS) is 20.0. The van der Waals surface area contributed by atoms with Crippen LogP contribution in [0.5, 0.6) is 0 Å². The second kappa shape index (κ2) is 11.3. The van der Waals surface area contributed by atoms with E-state index in [0.29, 0.717) is 68.6 Å². The Morgan fingerprint density at radius 3 is 2.40 bits per heavy atom. The first-order valence-corrected chi connectivity index (χ1v) is 14.7. The van der Waals surface area contributed by atoms with Crippen LogP contribution in [-0.4, -0.2) is 89.5 Å². The molecule has 3 aliphatic heterocycles. The fraction of sp³-hybridized carbons (Fsp3) is 0.414. The minimum atomic E-state index is -4.74. The Morgan fingerprint density at radius 2 is 1.76 bits per heavy atom. The lowest BCUT2D eigenvalue weighted by Crippen LogP contribution is -2.49. The second-order valence-electron chi connectivity index (χ2n) is 10.5. The standard InChI is InChI=1S/C29H29F4N5O3S/c1-2-23(39)36-7-9-37(10-8-36)27-21-15-22(29(31,32)33)24(18-3-5-19(30)6-4-18)26-25(21)38(28(40)34-27)16-20(17-42-26)35-11-13-41-14-12-35/h2-6,15,20H,1,7-14,16-17H2. The molecule has 1 amide bonds. The van der Waals surface area contributed by atoms with Gasteiger partial charge in [-0.3, -0.25) is 14.3 Å². The number of hydrogen-bond donors (Lipinski definition) is 0. The van der Waals surface area contributed by atoms with Crippen molar-refractivity contribution in [3.63, 3.8) is 0 Å². The molecular formula is C29H29F4N5O3S. The number of hydrogen-bond acceptors (Lipinski definition) is 7. The highest BCUT2D eigenvalue weighted by Crippen LogP contribution is 2.48. The predicted molar refractivity (Wildman–Crippen MR) is 152 cm³/mol. The third-order valence-corrected chi connectivity index (χ3v) is 9.32. The number of morpholine rings is 1.